The molecule has 0 aliphatic heterocycles. The van der Waals surface area contributed by atoms with E-state index in [0.29, 0.717) is 41.1 Å². The standard InChI is InChI=1S/C26H30ClNO6/c1-6-31-24(26(29)30-5)13-19-9-12-21(14-22(19)27)32-15-23-17(4)34-25(28-23)18-7-10-20(11-8-18)33-16(2)3/h7-12,14,16,24H,6,13,15H2,1-5H3. The Bertz CT molecular complexity index is 1090. The summed E-state index contributed by atoms with van der Waals surface area (Å²) in [6.45, 7) is 8.26. The van der Waals surface area contributed by atoms with Crippen molar-refractivity contribution in [2.24, 2.45) is 0 Å². The van der Waals surface area contributed by atoms with Crippen LogP contribution in [-0.2, 0) is 27.3 Å². The zero-order valence-corrected chi connectivity index (χ0v) is 20.8. The SMILES string of the molecule is CCOC(Cc1ccc(OCc2nc(-c3ccc(OC(C)C)cc3)oc2C)cc1Cl)C(=O)OC. The van der Waals surface area contributed by atoms with Crippen LogP contribution in [0.3, 0.4) is 0 Å². The molecule has 0 saturated heterocycles. The number of methoxy groups -OCH3 is 1. The topological polar surface area (TPSA) is 80.0 Å². The Labute approximate surface area is 204 Å². The van der Waals surface area contributed by atoms with Gasteiger partial charge in [-0.05, 0) is 69.7 Å². The number of ether oxygens (including phenoxy) is 4. The number of rotatable bonds is 11. The summed E-state index contributed by atoms with van der Waals surface area (Å²) < 4.78 is 27.7. The number of aryl methyl sites for hydroxylation is 1. The number of hydrogen-bond donors (Lipinski definition) is 0. The van der Waals surface area contributed by atoms with E-state index in [1.54, 1.807) is 12.1 Å². The molecule has 1 heterocycles. The Morgan fingerprint density at radius 3 is 2.44 bits per heavy atom. The number of halogens is 1. The Morgan fingerprint density at radius 1 is 1.12 bits per heavy atom. The molecule has 3 aromatic rings. The number of esters is 1. The fourth-order valence-corrected chi connectivity index (χ4v) is 3.56. The van der Waals surface area contributed by atoms with Gasteiger partial charge in [-0.25, -0.2) is 9.78 Å². The van der Waals surface area contributed by atoms with Gasteiger partial charge in [0, 0.05) is 23.6 Å². The summed E-state index contributed by atoms with van der Waals surface area (Å²) in [7, 11) is 1.33. The first-order valence-corrected chi connectivity index (χ1v) is 11.5. The van der Waals surface area contributed by atoms with E-state index in [-0.39, 0.29) is 12.7 Å². The molecule has 0 radical (unpaired) electrons. The van der Waals surface area contributed by atoms with Crippen LogP contribution in [0.2, 0.25) is 5.02 Å². The van der Waals surface area contributed by atoms with E-state index in [2.05, 4.69) is 4.98 Å². The van der Waals surface area contributed by atoms with Gasteiger partial charge in [0.25, 0.3) is 0 Å². The second kappa shape index (κ2) is 11.9. The molecular formula is C26H30ClNO6. The summed E-state index contributed by atoms with van der Waals surface area (Å²) in [5, 5.41) is 0.479. The molecule has 0 saturated carbocycles. The Hall–Kier alpha value is -3.03. The van der Waals surface area contributed by atoms with Gasteiger partial charge < -0.3 is 23.4 Å². The van der Waals surface area contributed by atoms with Crippen molar-refractivity contribution in [2.75, 3.05) is 13.7 Å². The number of hydrogen-bond acceptors (Lipinski definition) is 7. The summed E-state index contributed by atoms with van der Waals surface area (Å²) in [5.41, 5.74) is 2.31. The van der Waals surface area contributed by atoms with E-state index in [4.69, 9.17) is 35.0 Å². The van der Waals surface area contributed by atoms with Gasteiger partial charge in [0.1, 0.15) is 29.6 Å². The first-order valence-electron chi connectivity index (χ1n) is 11.1. The fourth-order valence-electron chi connectivity index (χ4n) is 3.31. The molecule has 0 fully saturated rings. The zero-order valence-electron chi connectivity index (χ0n) is 20.1. The lowest BCUT2D eigenvalue weighted by Gasteiger charge is -2.16. The van der Waals surface area contributed by atoms with Gasteiger partial charge in [-0.1, -0.05) is 17.7 Å². The number of benzene rings is 2. The maximum atomic E-state index is 11.9. The Morgan fingerprint density at radius 2 is 1.82 bits per heavy atom. The highest BCUT2D eigenvalue weighted by molar-refractivity contribution is 6.31. The van der Waals surface area contributed by atoms with Crippen LogP contribution in [0.25, 0.3) is 11.5 Å². The minimum absolute atomic E-state index is 0.111. The molecule has 1 atom stereocenters. The van der Waals surface area contributed by atoms with Crippen molar-refractivity contribution in [2.45, 2.75) is 52.9 Å². The number of carbonyl (C=O) groups excluding carboxylic acids is 1. The quantitative estimate of drug-likeness (QED) is 0.316. The van der Waals surface area contributed by atoms with Crippen LogP contribution in [0.5, 0.6) is 11.5 Å². The average molecular weight is 488 g/mol. The van der Waals surface area contributed by atoms with Crippen molar-refractivity contribution < 1.29 is 28.2 Å². The lowest BCUT2D eigenvalue weighted by Crippen LogP contribution is -2.28. The molecule has 2 aromatic carbocycles. The van der Waals surface area contributed by atoms with Gasteiger partial charge in [-0.3, -0.25) is 0 Å². The van der Waals surface area contributed by atoms with Crippen molar-refractivity contribution in [1.82, 2.24) is 4.98 Å². The van der Waals surface area contributed by atoms with E-state index in [1.165, 1.54) is 7.11 Å². The molecule has 1 aromatic heterocycles. The summed E-state index contributed by atoms with van der Waals surface area (Å²) >= 11 is 6.43. The second-order valence-corrected chi connectivity index (χ2v) is 8.33. The van der Waals surface area contributed by atoms with Crippen LogP contribution in [0.1, 0.15) is 37.8 Å². The predicted molar refractivity (Wildman–Crippen MR) is 129 cm³/mol. The lowest BCUT2D eigenvalue weighted by molar-refractivity contribution is -0.153. The normalized spacial score (nSPS) is 12.0. The summed E-state index contributed by atoms with van der Waals surface area (Å²) in [6.07, 6.45) is -0.284. The Kier molecular flexibility index (Phi) is 8.96. The molecule has 0 aliphatic rings. The first-order chi connectivity index (χ1) is 16.3. The van der Waals surface area contributed by atoms with Crippen molar-refractivity contribution >= 4 is 17.6 Å². The highest BCUT2D eigenvalue weighted by Gasteiger charge is 2.21. The van der Waals surface area contributed by atoms with Crippen molar-refractivity contribution in [3.05, 3.63) is 64.5 Å². The van der Waals surface area contributed by atoms with Crippen LogP contribution in [-0.4, -0.2) is 36.9 Å². The molecule has 182 valence electrons. The fraction of sp³-hybridized carbons (Fsp3) is 0.385. The molecule has 0 amide bonds. The molecule has 1 unspecified atom stereocenters. The molecule has 0 spiro atoms. The van der Waals surface area contributed by atoms with Crippen LogP contribution in [0.15, 0.2) is 46.9 Å². The van der Waals surface area contributed by atoms with Crippen molar-refractivity contribution in [3.8, 4) is 23.0 Å². The summed E-state index contributed by atoms with van der Waals surface area (Å²) in [5.74, 6) is 2.14. The third-order valence-electron chi connectivity index (χ3n) is 5.00. The van der Waals surface area contributed by atoms with E-state index in [0.717, 1.165) is 16.9 Å². The van der Waals surface area contributed by atoms with Crippen molar-refractivity contribution in [3.63, 3.8) is 0 Å². The summed E-state index contributed by atoms with van der Waals surface area (Å²) in [4.78, 5) is 16.5. The number of nitrogens with zero attached hydrogens (tertiary/aromatic N) is 1. The first kappa shape index (κ1) is 25.6. The van der Waals surface area contributed by atoms with Crippen LogP contribution in [0, 0.1) is 6.92 Å². The van der Waals surface area contributed by atoms with E-state index >= 15 is 0 Å². The monoisotopic (exact) mass is 487 g/mol. The minimum Gasteiger partial charge on any atom is -0.491 e. The third kappa shape index (κ3) is 6.74. The van der Waals surface area contributed by atoms with Gasteiger partial charge in [0.2, 0.25) is 5.89 Å². The van der Waals surface area contributed by atoms with Crippen LogP contribution >= 0.6 is 11.6 Å². The molecule has 0 bridgehead atoms. The minimum atomic E-state index is -0.707. The van der Waals surface area contributed by atoms with E-state index in [9.17, 15) is 4.79 Å². The van der Waals surface area contributed by atoms with Gasteiger partial charge in [0.05, 0.1) is 13.2 Å². The van der Waals surface area contributed by atoms with Gasteiger partial charge in [0.15, 0.2) is 6.10 Å². The van der Waals surface area contributed by atoms with E-state index in [1.807, 2.05) is 58.0 Å². The molecule has 0 aliphatic carbocycles. The molecule has 34 heavy (non-hydrogen) atoms. The zero-order chi connectivity index (χ0) is 24.7. The lowest BCUT2D eigenvalue weighted by atomic mass is 10.1. The van der Waals surface area contributed by atoms with E-state index < -0.39 is 12.1 Å². The molecule has 3 rings (SSSR count). The highest BCUT2D eigenvalue weighted by Crippen LogP contribution is 2.27. The maximum Gasteiger partial charge on any atom is 0.335 e. The third-order valence-corrected chi connectivity index (χ3v) is 5.35. The van der Waals surface area contributed by atoms with Crippen molar-refractivity contribution in [1.29, 1.82) is 0 Å². The molecular weight excluding hydrogens is 458 g/mol. The largest absolute Gasteiger partial charge is 0.491 e. The Balaban J connectivity index is 1.65. The number of aromatic nitrogens is 1. The number of carbonyl (C=O) groups is 1. The highest BCUT2D eigenvalue weighted by atomic mass is 35.5. The maximum absolute atomic E-state index is 11.9. The van der Waals surface area contributed by atoms with Gasteiger partial charge in [-0.2, -0.15) is 0 Å². The molecule has 0 N–H and O–H groups in total. The smallest absolute Gasteiger partial charge is 0.335 e. The van der Waals surface area contributed by atoms with Crippen LogP contribution < -0.4 is 9.47 Å². The number of oxazole rings is 1. The van der Waals surface area contributed by atoms with Gasteiger partial charge in [-0.15, -0.1) is 0 Å². The summed E-state index contributed by atoms with van der Waals surface area (Å²) in [6, 6.07) is 12.9. The molecule has 7 nitrogen and oxygen atoms in total. The van der Waals surface area contributed by atoms with Crippen LogP contribution in [0.4, 0.5) is 0 Å². The van der Waals surface area contributed by atoms with Gasteiger partial charge >= 0.3 is 5.97 Å². The average Bonchev–Trinajstić information content (AvgIpc) is 3.18. The predicted octanol–water partition coefficient (Wildman–Crippen LogP) is 5.79. The molecule has 8 heteroatoms. The second-order valence-electron chi connectivity index (χ2n) is 7.93.